The second-order valence-corrected chi connectivity index (χ2v) is 5.20. The molecular weight excluding hydrogens is 268 g/mol. The van der Waals surface area contributed by atoms with Crippen LogP contribution in [0.2, 0.25) is 5.02 Å². The van der Waals surface area contributed by atoms with Crippen LogP contribution in [0.3, 0.4) is 0 Å². The number of hydrogen-bond donors (Lipinski definition) is 1. The lowest BCUT2D eigenvalue weighted by Gasteiger charge is -2.04. The Kier molecular flexibility index (Phi) is 2.51. The van der Waals surface area contributed by atoms with Crippen molar-refractivity contribution in [2.75, 3.05) is 0 Å². The van der Waals surface area contributed by atoms with E-state index >= 15 is 0 Å². The third kappa shape index (κ3) is 1.69. The number of benzene rings is 2. The summed E-state index contributed by atoms with van der Waals surface area (Å²) in [6, 6.07) is 16.3. The van der Waals surface area contributed by atoms with Crippen molar-refractivity contribution in [3.8, 4) is 11.1 Å². The van der Waals surface area contributed by atoms with Crippen molar-refractivity contribution in [2.24, 2.45) is 0 Å². The second kappa shape index (κ2) is 4.36. The van der Waals surface area contributed by atoms with E-state index in [-0.39, 0.29) is 0 Å². The van der Waals surface area contributed by atoms with Crippen LogP contribution in [0, 0.1) is 0 Å². The molecule has 0 fully saturated rings. The highest BCUT2D eigenvalue weighted by Crippen LogP contribution is 2.34. The molecule has 0 atom stereocenters. The van der Waals surface area contributed by atoms with Gasteiger partial charge in [0.1, 0.15) is 0 Å². The molecule has 0 unspecified atom stereocenters. The summed E-state index contributed by atoms with van der Waals surface area (Å²) in [5.41, 5.74) is 4.23. The number of pyridine rings is 1. The minimum absolute atomic E-state index is 0.733. The van der Waals surface area contributed by atoms with Gasteiger partial charge in [0.2, 0.25) is 0 Å². The molecule has 2 aromatic heterocycles. The highest BCUT2D eigenvalue weighted by Gasteiger charge is 2.09. The van der Waals surface area contributed by atoms with E-state index in [1.807, 2.05) is 36.5 Å². The van der Waals surface area contributed by atoms with Crippen LogP contribution >= 0.6 is 11.6 Å². The molecule has 2 nitrogen and oxygen atoms in total. The fourth-order valence-corrected chi connectivity index (χ4v) is 2.89. The summed E-state index contributed by atoms with van der Waals surface area (Å²) in [5.74, 6) is 0. The molecule has 4 aromatic rings. The van der Waals surface area contributed by atoms with Gasteiger partial charge >= 0.3 is 0 Å². The first kappa shape index (κ1) is 11.5. The number of rotatable bonds is 1. The maximum absolute atomic E-state index is 6.42. The van der Waals surface area contributed by atoms with Gasteiger partial charge in [-0.3, -0.25) is 4.98 Å². The normalized spacial score (nSPS) is 11.2. The van der Waals surface area contributed by atoms with E-state index in [0.29, 0.717) is 0 Å². The number of halogens is 1. The Balaban J connectivity index is 2.08. The molecule has 0 aliphatic rings. The molecule has 20 heavy (non-hydrogen) atoms. The second-order valence-electron chi connectivity index (χ2n) is 4.79. The highest BCUT2D eigenvalue weighted by molar-refractivity contribution is 6.34. The molecule has 2 heterocycles. The predicted octanol–water partition coefficient (Wildman–Crippen LogP) is 5.04. The maximum atomic E-state index is 6.42. The number of nitrogens with one attached hydrogen (secondary N) is 1. The van der Waals surface area contributed by atoms with E-state index < -0.39 is 0 Å². The van der Waals surface area contributed by atoms with Gasteiger partial charge in [-0.25, -0.2) is 0 Å². The van der Waals surface area contributed by atoms with Gasteiger partial charge in [0, 0.05) is 45.3 Å². The first-order valence-electron chi connectivity index (χ1n) is 6.43. The average Bonchev–Trinajstić information content (AvgIpc) is 2.84. The third-order valence-electron chi connectivity index (χ3n) is 3.57. The van der Waals surface area contributed by atoms with Crippen molar-refractivity contribution in [1.29, 1.82) is 0 Å². The minimum Gasteiger partial charge on any atom is -0.354 e. The summed E-state index contributed by atoms with van der Waals surface area (Å²) in [7, 11) is 0. The maximum Gasteiger partial charge on any atom is 0.0506 e. The largest absolute Gasteiger partial charge is 0.354 e. The van der Waals surface area contributed by atoms with Gasteiger partial charge in [0.25, 0.3) is 0 Å². The zero-order valence-corrected chi connectivity index (χ0v) is 11.4. The van der Waals surface area contributed by atoms with Gasteiger partial charge in [0.15, 0.2) is 0 Å². The Morgan fingerprint density at radius 3 is 2.65 bits per heavy atom. The fraction of sp³-hybridized carbons (Fsp3) is 0. The average molecular weight is 279 g/mol. The third-order valence-corrected chi connectivity index (χ3v) is 3.88. The van der Waals surface area contributed by atoms with Gasteiger partial charge in [-0.05, 0) is 24.3 Å². The number of H-pyrrole nitrogens is 1. The molecule has 0 amide bonds. The lowest BCUT2D eigenvalue weighted by Crippen LogP contribution is -1.81. The van der Waals surface area contributed by atoms with Crippen LogP contribution in [0.1, 0.15) is 0 Å². The van der Waals surface area contributed by atoms with E-state index in [9.17, 15) is 0 Å². The molecule has 0 bridgehead atoms. The van der Waals surface area contributed by atoms with Crippen molar-refractivity contribution in [1.82, 2.24) is 9.97 Å². The lowest BCUT2D eigenvalue weighted by molar-refractivity contribution is 1.33. The monoisotopic (exact) mass is 278 g/mol. The summed E-state index contributed by atoms with van der Waals surface area (Å²) >= 11 is 6.42. The highest BCUT2D eigenvalue weighted by atomic mass is 35.5. The summed E-state index contributed by atoms with van der Waals surface area (Å²) in [4.78, 5) is 7.56. The van der Waals surface area contributed by atoms with E-state index in [1.165, 1.54) is 10.8 Å². The molecule has 0 aliphatic heterocycles. The molecule has 0 saturated carbocycles. The van der Waals surface area contributed by atoms with Gasteiger partial charge < -0.3 is 4.98 Å². The van der Waals surface area contributed by atoms with Crippen LogP contribution in [0.15, 0.2) is 60.9 Å². The summed E-state index contributed by atoms with van der Waals surface area (Å²) < 4.78 is 0. The van der Waals surface area contributed by atoms with E-state index in [2.05, 4.69) is 28.2 Å². The Labute approximate surface area is 121 Å². The predicted molar refractivity (Wildman–Crippen MR) is 84.0 cm³/mol. The molecule has 0 aliphatic carbocycles. The lowest BCUT2D eigenvalue weighted by atomic mass is 10.0. The molecule has 4 rings (SSSR count). The van der Waals surface area contributed by atoms with Gasteiger partial charge in [0.05, 0.1) is 5.02 Å². The van der Waals surface area contributed by atoms with Crippen LogP contribution in [0.25, 0.3) is 32.9 Å². The summed E-state index contributed by atoms with van der Waals surface area (Å²) in [5, 5.41) is 3.13. The molecule has 0 spiro atoms. The SMILES string of the molecule is Clc1cc2[nH]c3ccccc3c2cc1-c1cccnc1. The molecule has 0 radical (unpaired) electrons. The van der Waals surface area contributed by atoms with E-state index in [1.54, 1.807) is 6.20 Å². The molecule has 3 heteroatoms. The minimum atomic E-state index is 0.733. The molecule has 1 N–H and O–H groups in total. The van der Waals surface area contributed by atoms with E-state index in [4.69, 9.17) is 11.6 Å². The van der Waals surface area contributed by atoms with Gasteiger partial charge in [-0.1, -0.05) is 35.9 Å². The Bertz CT molecular complexity index is 910. The molecule has 0 saturated heterocycles. The van der Waals surface area contributed by atoms with E-state index in [0.717, 1.165) is 27.2 Å². The summed E-state index contributed by atoms with van der Waals surface area (Å²) in [6.07, 6.45) is 3.60. The van der Waals surface area contributed by atoms with Crippen molar-refractivity contribution in [3.05, 3.63) is 65.9 Å². The standard InChI is InChI=1S/C17H11ClN2/c18-15-9-17-14(12-5-1-2-6-16(12)20-17)8-13(15)11-4-3-7-19-10-11/h1-10,20H. The van der Waals surface area contributed by atoms with Crippen LogP contribution in [-0.4, -0.2) is 9.97 Å². The zero-order chi connectivity index (χ0) is 13.5. The first-order valence-corrected chi connectivity index (χ1v) is 6.81. The zero-order valence-electron chi connectivity index (χ0n) is 10.6. The molecule has 2 aromatic carbocycles. The van der Waals surface area contributed by atoms with Crippen LogP contribution in [0.4, 0.5) is 0 Å². The van der Waals surface area contributed by atoms with Crippen molar-refractivity contribution in [3.63, 3.8) is 0 Å². The van der Waals surface area contributed by atoms with Crippen LogP contribution < -0.4 is 0 Å². The summed E-state index contributed by atoms with van der Waals surface area (Å²) in [6.45, 7) is 0. The van der Waals surface area contributed by atoms with Gasteiger partial charge in [-0.15, -0.1) is 0 Å². The number of fused-ring (bicyclic) bond motifs is 3. The Hall–Kier alpha value is -2.32. The van der Waals surface area contributed by atoms with Gasteiger partial charge in [-0.2, -0.15) is 0 Å². The van der Waals surface area contributed by atoms with Crippen molar-refractivity contribution >= 4 is 33.4 Å². The Morgan fingerprint density at radius 2 is 1.80 bits per heavy atom. The van der Waals surface area contributed by atoms with Crippen molar-refractivity contribution < 1.29 is 0 Å². The topological polar surface area (TPSA) is 28.7 Å². The van der Waals surface area contributed by atoms with Crippen molar-refractivity contribution in [2.45, 2.75) is 0 Å². The number of para-hydroxylation sites is 1. The smallest absolute Gasteiger partial charge is 0.0506 e. The Morgan fingerprint density at radius 1 is 0.900 bits per heavy atom. The molecular formula is C17H11ClN2. The molecule has 96 valence electrons. The van der Waals surface area contributed by atoms with Crippen LogP contribution in [0.5, 0.6) is 0 Å². The number of hydrogen-bond acceptors (Lipinski definition) is 1. The number of aromatic amines is 1. The van der Waals surface area contributed by atoms with Crippen LogP contribution in [-0.2, 0) is 0 Å². The quantitative estimate of drug-likeness (QED) is 0.519. The number of nitrogens with zero attached hydrogens (tertiary/aromatic N) is 1. The fourth-order valence-electron chi connectivity index (χ4n) is 2.61. The first-order chi connectivity index (χ1) is 9.83. The number of aromatic nitrogens is 2.